The van der Waals surface area contributed by atoms with Crippen molar-refractivity contribution >= 4 is 57.7 Å². The molecule has 10 heteroatoms. The first-order valence-electron chi connectivity index (χ1n) is 9.29. The number of rotatable bonds is 8. The highest BCUT2D eigenvalue weighted by Gasteiger charge is 2.14. The number of methoxy groups -OCH3 is 1. The first-order chi connectivity index (χ1) is 14.9. The van der Waals surface area contributed by atoms with E-state index in [0.717, 1.165) is 17.3 Å². The number of aryl methyl sites for hydroxylation is 1. The van der Waals surface area contributed by atoms with Gasteiger partial charge in [0.05, 0.1) is 23.8 Å². The predicted molar refractivity (Wildman–Crippen MR) is 122 cm³/mol. The van der Waals surface area contributed by atoms with Gasteiger partial charge in [-0.2, -0.15) is 0 Å². The summed E-state index contributed by atoms with van der Waals surface area (Å²) in [6.45, 7) is 0.104. The average Bonchev–Trinajstić information content (AvgIpc) is 2.76. The van der Waals surface area contributed by atoms with Gasteiger partial charge in [-0.05, 0) is 36.2 Å². The molecular weight excluding hydrogens is 461 g/mol. The molecule has 3 rings (SSSR count). The van der Waals surface area contributed by atoms with Gasteiger partial charge in [-0.15, -0.1) is 0 Å². The minimum atomic E-state index is -0.543. The summed E-state index contributed by atoms with van der Waals surface area (Å²) in [7, 11) is 1.24. The maximum absolute atomic E-state index is 13.1. The number of nitrogens with zero attached hydrogens (tertiary/aromatic N) is 2. The number of carbonyl (C=O) groups is 2. The van der Waals surface area contributed by atoms with Crippen LogP contribution in [0.4, 0.5) is 0 Å². The molecule has 3 aromatic rings. The lowest BCUT2D eigenvalue weighted by Crippen LogP contribution is -2.32. The Morgan fingerprint density at radius 1 is 1.19 bits per heavy atom. The second-order valence-corrected chi connectivity index (χ2v) is 8.28. The third-order valence-electron chi connectivity index (χ3n) is 4.44. The lowest BCUT2D eigenvalue weighted by molar-refractivity contribution is -0.140. The Kier molecular flexibility index (Phi) is 7.95. The predicted octanol–water partition coefficient (Wildman–Crippen LogP) is 3.33. The van der Waals surface area contributed by atoms with E-state index in [0.29, 0.717) is 39.1 Å². The number of ether oxygens (including phenoxy) is 1. The molecule has 0 radical (unpaired) electrons. The van der Waals surface area contributed by atoms with Gasteiger partial charge in [0.2, 0.25) is 5.91 Å². The lowest BCUT2D eigenvalue weighted by Gasteiger charge is -2.14. The quantitative estimate of drug-likeness (QED) is 0.302. The third-order valence-corrected chi connectivity index (χ3v) is 6.00. The van der Waals surface area contributed by atoms with Crippen LogP contribution >= 0.6 is 35.0 Å². The molecule has 0 aliphatic rings. The molecule has 1 aromatic heterocycles. The summed E-state index contributed by atoms with van der Waals surface area (Å²) in [5, 5.41) is 4.41. The highest BCUT2D eigenvalue weighted by molar-refractivity contribution is 7.99. The molecule has 31 heavy (non-hydrogen) atoms. The standard InChI is InChI=1S/C21H19Cl2N3O4S/c1-30-19(28)11-24-18(27)12-31-21-25-17-5-3-2-4-15(17)20(29)26(21)9-8-13-6-7-14(22)10-16(13)23/h2-7,10H,8-9,11-12H2,1H3,(H,24,27). The SMILES string of the molecule is COC(=O)CNC(=O)CSc1nc2ccccc2c(=O)n1CCc1ccc(Cl)cc1Cl. The summed E-state index contributed by atoms with van der Waals surface area (Å²) < 4.78 is 6.03. The summed E-state index contributed by atoms with van der Waals surface area (Å²) >= 11 is 13.3. The molecule has 0 spiro atoms. The van der Waals surface area contributed by atoms with E-state index in [9.17, 15) is 14.4 Å². The number of benzene rings is 2. The molecule has 0 saturated heterocycles. The molecule has 0 fully saturated rings. The molecular formula is C21H19Cl2N3O4S. The van der Waals surface area contributed by atoms with Gasteiger partial charge in [0, 0.05) is 16.6 Å². The zero-order valence-electron chi connectivity index (χ0n) is 16.6. The van der Waals surface area contributed by atoms with Crippen molar-refractivity contribution in [1.29, 1.82) is 0 Å². The number of halogens is 2. The summed E-state index contributed by atoms with van der Waals surface area (Å²) in [6.07, 6.45) is 0.484. The Morgan fingerprint density at radius 3 is 2.71 bits per heavy atom. The van der Waals surface area contributed by atoms with Crippen molar-refractivity contribution in [3.63, 3.8) is 0 Å². The summed E-state index contributed by atoms with van der Waals surface area (Å²) in [5.41, 5.74) is 1.19. The van der Waals surface area contributed by atoms with Crippen molar-refractivity contribution in [2.75, 3.05) is 19.4 Å². The molecule has 0 aliphatic heterocycles. The summed E-state index contributed by atoms with van der Waals surface area (Å²) in [6, 6.07) is 12.2. The van der Waals surface area contributed by atoms with Gasteiger partial charge in [-0.25, -0.2) is 4.98 Å². The van der Waals surface area contributed by atoms with E-state index in [2.05, 4.69) is 15.0 Å². The molecule has 7 nitrogen and oxygen atoms in total. The number of hydrogen-bond acceptors (Lipinski definition) is 6. The van der Waals surface area contributed by atoms with Crippen LogP contribution in [0, 0.1) is 0 Å². The molecule has 1 heterocycles. The van der Waals surface area contributed by atoms with Crippen LogP contribution in [0.25, 0.3) is 10.9 Å². The number of para-hydroxylation sites is 1. The first-order valence-corrected chi connectivity index (χ1v) is 11.0. The maximum Gasteiger partial charge on any atom is 0.325 e. The topological polar surface area (TPSA) is 90.3 Å². The number of amides is 1. The minimum Gasteiger partial charge on any atom is -0.468 e. The Bertz CT molecular complexity index is 1180. The van der Waals surface area contributed by atoms with Crippen LogP contribution in [-0.2, 0) is 27.3 Å². The lowest BCUT2D eigenvalue weighted by atomic mass is 10.1. The Morgan fingerprint density at radius 2 is 1.97 bits per heavy atom. The van der Waals surface area contributed by atoms with Gasteiger partial charge in [-0.3, -0.25) is 19.0 Å². The van der Waals surface area contributed by atoms with Crippen molar-refractivity contribution in [3.05, 3.63) is 68.4 Å². The van der Waals surface area contributed by atoms with E-state index in [1.165, 1.54) is 11.7 Å². The molecule has 0 unspecified atom stereocenters. The van der Waals surface area contributed by atoms with Gasteiger partial charge in [-0.1, -0.05) is 53.2 Å². The largest absolute Gasteiger partial charge is 0.468 e. The Labute approximate surface area is 192 Å². The van der Waals surface area contributed by atoms with E-state index in [4.69, 9.17) is 23.2 Å². The van der Waals surface area contributed by atoms with Crippen LogP contribution in [0.2, 0.25) is 10.0 Å². The zero-order chi connectivity index (χ0) is 22.4. The van der Waals surface area contributed by atoms with Crippen molar-refractivity contribution in [3.8, 4) is 0 Å². The van der Waals surface area contributed by atoms with E-state index >= 15 is 0 Å². The molecule has 1 amide bonds. The molecule has 1 N–H and O–H groups in total. The number of thioether (sulfide) groups is 1. The smallest absolute Gasteiger partial charge is 0.325 e. The first kappa shape index (κ1) is 23.1. The molecule has 162 valence electrons. The number of carbonyl (C=O) groups excluding carboxylic acids is 2. The van der Waals surface area contributed by atoms with Crippen LogP contribution in [0.15, 0.2) is 52.4 Å². The van der Waals surface area contributed by atoms with Crippen LogP contribution in [0.5, 0.6) is 0 Å². The van der Waals surface area contributed by atoms with Crippen molar-refractivity contribution in [2.45, 2.75) is 18.1 Å². The summed E-state index contributed by atoms with van der Waals surface area (Å²) in [4.78, 5) is 40.9. The monoisotopic (exact) mass is 479 g/mol. The number of esters is 1. The second-order valence-electron chi connectivity index (χ2n) is 6.50. The zero-order valence-corrected chi connectivity index (χ0v) is 18.9. The summed E-state index contributed by atoms with van der Waals surface area (Å²) in [5.74, 6) is -0.923. The van der Waals surface area contributed by atoms with Crippen LogP contribution in [0.3, 0.4) is 0 Å². The minimum absolute atomic E-state index is 0.0104. The van der Waals surface area contributed by atoms with Crippen molar-refractivity contribution < 1.29 is 14.3 Å². The third kappa shape index (κ3) is 6.00. The van der Waals surface area contributed by atoms with E-state index in [-0.39, 0.29) is 23.8 Å². The van der Waals surface area contributed by atoms with Crippen LogP contribution < -0.4 is 10.9 Å². The number of hydrogen-bond donors (Lipinski definition) is 1. The Hall–Kier alpha value is -2.55. The molecule has 2 aromatic carbocycles. The average molecular weight is 480 g/mol. The fraction of sp³-hybridized carbons (Fsp3) is 0.238. The van der Waals surface area contributed by atoms with Crippen molar-refractivity contribution in [1.82, 2.24) is 14.9 Å². The molecule has 0 atom stereocenters. The molecule has 0 aliphatic carbocycles. The van der Waals surface area contributed by atoms with E-state index in [1.807, 2.05) is 6.07 Å². The van der Waals surface area contributed by atoms with Crippen LogP contribution in [-0.4, -0.2) is 40.8 Å². The highest BCUT2D eigenvalue weighted by Crippen LogP contribution is 2.23. The van der Waals surface area contributed by atoms with Crippen molar-refractivity contribution in [2.24, 2.45) is 0 Å². The Balaban J connectivity index is 1.84. The number of aromatic nitrogens is 2. The van der Waals surface area contributed by atoms with Gasteiger partial charge in [0.25, 0.3) is 5.56 Å². The van der Waals surface area contributed by atoms with Gasteiger partial charge >= 0.3 is 5.97 Å². The van der Waals surface area contributed by atoms with E-state index in [1.54, 1.807) is 36.4 Å². The fourth-order valence-electron chi connectivity index (χ4n) is 2.84. The van der Waals surface area contributed by atoms with Gasteiger partial charge < -0.3 is 10.1 Å². The van der Waals surface area contributed by atoms with Gasteiger partial charge in [0.15, 0.2) is 5.16 Å². The highest BCUT2D eigenvalue weighted by atomic mass is 35.5. The normalized spacial score (nSPS) is 10.8. The second kappa shape index (κ2) is 10.7. The molecule has 0 saturated carbocycles. The number of fused-ring (bicyclic) bond motifs is 1. The molecule has 0 bridgehead atoms. The van der Waals surface area contributed by atoms with E-state index < -0.39 is 5.97 Å². The number of nitrogens with one attached hydrogen (secondary N) is 1. The maximum atomic E-state index is 13.1. The van der Waals surface area contributed by atoms with Crippen LogP contribution in [0.1, 0.15) is 5.56 Å². The fourth-order valence-corrected chi connectivity index (χ4v) is 4.19. The van der Waals surface area contributed by atoms with Gasteiger partial charge in [0.1, 0.15) is 6.54 Å².